The van der Waals surface area contributed by atoms with E-state index >= 15 is 0 Å². The van der Waals surface area contributed by atoms with Crippen molar-refractivity contribution in [2.45, 2.75) is 32.2 Å². The number of hydrogen-bond donors (Lipinski definition) is 0. The van der Waals surface area contributed by atoms with Gasteiger partial charge in [0.2, 0.25) is 0 Å². The Labute approximate surface area is 175 Å². The summed E-state index contributed by atoms with van der Waals surface area (Å²) in [4.78, 5) is 25.1. The molecule has 6 nitrogen and oxygen atoms in total. The molecule has 0 radical (unpaired) electrons. The van der Waals surface area contributed by atoms with Crippen molar-refractivity contribution in [1.29, 1.82) is 0 Å². The number of anilines is 1. The Balaban J connectivity index is 0.000000130. The molecule has 0 atom stereocenters. The molecule has 3 aliphatic rings. The van der Waals surface area contributed by atoms with Gasteiger partial charge < -0.3 is 18.9 Å². The van der Waals surface area contributed by atoms with Crippen LogP contribution < -0.4 is 14.4 Å². The minimum Gasteiger partial charge on any atom is -0.497 e. The number of ether oxygens (including phenoxy) is 2. The molecule has 3 aliphatic heterocycles. The van der Waals surface area contributed by atoms with Gasteiger partial charge in [-0.3, -0.25) is 9.59 Å². The van der Waals surface area contributed by atoms with Gasteiger partial charge in [0.25, 0.3) is 11.7 Å². The molecule has 0 N–H and O–H groups in total. The highest BCUT2D eigenvalue weighted by atomic mass is 16.5. The number of hydrogen-bond acceptors (Lipinski definition) is 4. The van der Waals surface area contributed by atoms with Gasteiger partial charge in [0.15, 0.2) is 0 Å². The maximum atomic E-state index is 11.8. The molecule has 6 rings (SSSR count). The van der Waals surface area contributed by atoms with Crippen molar-refractivity contribution in [1.82, 2.24) is 4.57 Å². The zero-order chi connectivity index (χ0) is 20.8. The van der Waals surface area contributed by atoms with Crippen LogP contribution in [0.2, 0.25) is 0 Å². The molecule has 30 heavy (non-hydrogen) atoms. The number of ketones is 1. The molecule has 0 saturated carbocycles. The Morgan fingerprint density at radius 1 is 0.867 bits per heavy atom. The number of methoxy groups -OCH3 is 2. The molecule has 2 aromatic carbocycles. The number of rotatable bonds is 2. The average Bonchev–Trinajstić information content (AvgIpc) is 3.31. The second kappa shape index (κ2) is 7.20. The highest BCUT2D eigenvalue weighted by Crippen LogP contribution is 2.39. The van der Waals surface area contributed by atoms with Crippen molar-refractivity contribution in [3.05, 3.63) is 53.2 Å². The Morgan fingerprint density at radius 2 is 1.57 bits per heavy atom. The second-order valence-corrected chi connectivity index (χ2v) is 7.91. The fraction of sp³-hybridized carbons (Fsp3) is 0.333. The lowest BCUT2D eigenvalue weighted by molar-refractivity contribution is -0.114. The minimum atomic E-state index is -0.406. The van der Waals surface area contributed by atoms with Crippen LogP contribution in [0.1, 0.15) is 34.3 Å². The molecule has 6 heteroatoms. The lowest BCUT2D eigenvalue weighted by atomic mass is 9.99. The van der Waals surface area contributed by atoms with E-state index in [0.717, 1.165) is 36.4 Å². The van der Waals surface area contributed by atoms with E-state index in [2.05, 4.69) is 29.0 Å². The fourth-order valence-electron chi connectivity index (χ4n) is 4.79. The molecule has 1 amide bonds. The summed E-state index contributed by atoms with van der Waals surface area (Å²) >= 11 is 0. The van der Waals surface area contributed by atoms with Crippen LogP contribution in [0.25, 0.3) is 10.9 Å². The van der Waals surface area contributed by atoms with E-state index in [1.165, 1.54) is 29.3 Å². The quantitative estimate of drug-likeness (QED) is 0.610. The van der Waals surface area contributed by atoms with Crippen LogP contribution in [0.3, 0.4) is 0 Å². The van der Waals surface area contributed by atoms with Crippen LogP contribution >= 0.6 is 0 Å². The summed E-state index contributed by atoms with van der Waals surface area (Å²) in [6.45, 7) is 1.81. The van der Waals surface area contributed by atoms with E-state index in [0.29, 0.717) is 17.9 Å². The third kappa shape index (κ3) is 2.86. The molecule has 154 valence electrons. The van der Waals surface area contributed by atoms with Crippen LogP contribution in [-0.4, -0.2) is 37.0 Å². The third-order valence-electron chi connectivity index (χ3n) is 6.17. The number of aromatic nitrogens is 1. The summed E-state index contributed by atoms with van der Waals surface area (Å²) in [6.07, 6.45) is 6.39. The van der Waals surface area contributed by atoms with Gasteiger partial charge in [-0.1, -0.05) is 0 Å². The normalized spacial score (nSPS) is 16.3. The van der Waals surface area contributed by atoms with Crippen LogP contribution in [0.5, 0.6) is 11.5 Å². The van der Waals surface area contributed by atoms with E-state index in [9.17, 15) is 9.59 Å². The lowest BCUT2D eigenvalue weighted by Gasteiger charge is -2.24. The number of amides is 1. The average molecular weight is 404 g/mol. The van der Waals surface area contributed by atoms with Crippen molar-refractivity contribution in [3.8, 4) is 11.5 Å². The van der Waals surface area contributed by atoms with Crippen molar-refractivity contribution < 1.29 is 19.1 Å². The Hall–Kier alpha value is -3.28. The van der Waals surface area contributed by atoms with Crippen molar-refractivity contribution in [2.75, 3.05) is 25.7 Å². The van der Waals surface area contributed by atoms with Crippen LogP contribution in [-0.2, 0) is 24.2 Å². The first-order valence-electron chi connectivity index (χ1n) is 10.3. The zero-order valence-electron chi connectivity index (χ0n) is 17.2. The van der Waals surface area contributed by atoms with Crippen LogP contribution in [0.4, 0.5) is 5.69 Å². The summed E-state index contributed by atoms with van der Waals surface area (Å²) in [5, 5.41) is 1.30. The standard InChI is InChI=1S/C12H11NO3.C12H13NO/c1-16-8-5-7-3-2-4-13-10(7)9(6-8)11(14)12(13)15;1-14-11-7-9-3-2-5-13-6-4-10(8-11)12(9)13/h5-6H,2-4H2,1H3;4,6-8H,2-3,5H2,1H3. The van der Waals surface area contributed by atoms with E-state index in [1.54, 1.807) is 25.2 Å². The summed E-state index contributed by atoms with van der Waals surface area (Å²) in [7, 11) is 3.30. The number of carbonyl (C=O) groups excluding carboxylic acids is 2. The molecule has 0 fully saturated rings. The maximum Gasteiger partial charge on any atom is 0.299 e. The maximum absolute atomic E-state index is 11.8. The summed E-state index contributed by atoms with van der Waals surface area (Å²) in [6, 6.07) is 10.0. The predicted octanol–water partition coefficient (Wildman–Crippen LogP) is 3.77. The van der Waals surface area contributed by atoms with Gasteiger partial charge >= 0.3 is 0 Å². The first kappa shape index (κ1) is 18.7. The molecule has 1 aromatic heterocycles. The van der Waals surface area contributed by atoms with Gasteiger partial charge in [-0.2, -0.15) is 0 Å². The Bertz CT molecular complexity index is 1180. The molecule has 0 bridgehead atoms. The number of nitrogens with zero attached hydrogens (tertiary/aromatic N) is 2. The smallest absolute Gasteiger partial charge is 0.299 e. The summed E-state index contributed by atoms with van der Waals surface area (Å²) < 4.78 is 12.8. The first-order valence-corrected chi connectivity index (χ1v) is 10.3. The van der Waals surface area contributed by atoms with E-state index in [-0.39, 0.29) is 0 Å². The van der Waals surface area contributed by atoms with Crippen LogP contribution in [0, 0.1) is 0 Å². The topological polar surface area (TPSA) is 60.8 Å². The lowest BCUT2D eigenvalue weighted by Crippen LogP contribution is -2.33. The molecule has 0 saturated heterocycles. The third-order valence-corrected chi connectivity index (χ3v) is 6.17. The fourth-order valence-corrected chi connectivity index (χ4v) is 4.79. The second-order valence-electron chi connectivity index (χ2n) is 7.91. The van der Waals surface area contributed by atoms with Gasteiger partial charge in [0.1, 0.15) is 11.5 Å². The largest absolute Gasteiger partial charge is 0.497 e. The van der Waals surface area contributed by atoms with E-state index in [4.69, 9.17) is 9.47 Å². The predicted molar refractivity (Wildman–Crippen MR) is 115 cm³/mol. The molecule has 0 unspecified atom stereocenters. The Morgan fingerprint density at radius 3 is 2.37 bits per heavy atom. The van der Waals surface area contributed by atoms with Crippen molar-refractivity contribution >= 4 is 28.3 Å². The van der Waals surface area contributed by atoms with Gasteiger partial charge in [-0.15, -0.1) is 0 Å². The van der Waals surface area contributed by atoms with E-state index < -0.39 is 11.7 Å². The molecule has 3 aromatic rings. The monoisotopic (exact) mass is 404 g/mol. The van der Waals surface area contributed by atoms with Crippen molar-refractivity contribution in [2.24, 2.45) is 0 Å². The van der Waals surface area contributed by atoms with Gasteiger partial charge in [0, 0.05) is 24.7 Å². The number of Topliss-reactive ketones (excluding diaryl/α,β-unsaturated/α-hetero) is 1. The highest BCUT2D eigenvalue weighted by molar-refractivity contribution is 6.52. The highest BCUT2D eigenvalue weighted by Gasteiger charge is 2.39. The number of benzene rings is 2. The minimum absolute atomic E-state index is 0.399. The zero-order valence-corrected chi connectivity index (χ0v) is 17.2. The molecular formula is C24H24N2O4. The number of aryl methyl sites for hydroxylation is 3. The summed E-state index contributed by atoms with van der Waals surface area (Å²) in [5.74, 6) is 0.826. The molecule has 4 heterocycles. The molecular weight excluding hydrogens is 380 g/mol. The molecule has 0 spiro atoms. The van der Waals surface area contributed by atoms with E-state index in [1.807, 2.05) is 6.07 Å². The van der Waals surface area contributed by atoms with Gasteiger partial charge in [0.05, 0.1) is 31.0 Å². The number of carbonyl (C=O) groups is 2. The van der Waals surface area contributed by atoms with Crippen molar-refractivity contribution in [3.63, 3.8) is 0 Å². The SMILES string of the molecule is COc1cc2c3c(c1)C(=O)C(=O)N3CCC2.COc1cc2c3c(ccn3CCC2)c1. The summed E-state index contributed by atoms with van der Waals surface area (Å²) in [5.41, 5.74) is 5.17. The van der Waals surface area contributed by atoms with Gasteiger partial charge in [-0.05, 0) is 67.1 Å². The van der Waals surface area contributed by atoms with Gasteiger partial charge in [-0.25, -0.2) is 0 Å². The first-order chi connectivity index (χ1) is 14.6. The molecule has 0 aliphatic carbocycles. The van der Waals surface area contributed by atoms with Crippen LogP contribution in [0.15, 0.2) is 36.5 Å². The Kier molecular flexibility index (Phi) is 4.50.